The molecule has 1 saturated heterocycles. The van der Waals surface area contributed by atoms with Crippen LogP contribution in [0.15, 0.2) is 11.1 Å². The quantitative estimate of drug-likeness (QED) is 0.0901. The summed E-state index contributed by atoms with van der Waals surface area (Å²) >= 11 is 1.86. The zero-order valence-corrected chi connectivity index (χ0v) is 25.0. The molecule has 2 atom stereocenters. The van der Waals surface area contributed by atoms with Crippen molar-refractivity contribution in [2.24, 2.45) is 0 Å². The van der Waals surface area contributed by atoms with Crippen LogP contribution in [0.25, 0.3) is 0 Å². The average molecular weight is 540 g/mol. The molecule has 216 valence electrons. The van der Waals surface area contributed by atoms with Crippen LogP contribution in [-0.2, 0) is 19.0 Å². The monoisotopic (exact) mass is 539 g/mol. The normalized spacial score (nSPS) is 19.5. The third-order valence-corrected chi connectivity index (χ3v) is 8.55. The Kier molecular flexibility index (Phi) is 19.4. The van der Waals surface area contributed by atoms with Crippen LogP contribution in [-0.4, -0.2) is 48.9 Å². The van der Waals surface area contributed by atoms with Gasteiger partial charge in [-0.3, -0.25) is 4.79 Å². The second-order valence-corrected chi connectivity index (χ2v) is 11.9. The first-order valence-electron chi connectivity index (χ1n) is 15.6. The van der Waals surface area contributed by atoms with E-state index >= 15 is 0 Å². The van der Waals surface area contributed by atoms with Gasteiger partial charge in [-0.1, -0.05) is 103 Å². The van der Waals surface area contributed by atoms with Gasteiger partial charge in [0.2, 0.25) is 0 Å². The smallest absolute Gasteiger partial charge is 0.305 e. The fourth-order valence-electron chi connectivity index (χ4n) is 5.10. The summed E-state index contributed by atoms with van der Waals surface area (Å²) in [7, 11) is 0. The fourth-order valence-corrected chi connectivity index (χ4v) is 6.08. The van der Waals surface area contributed by atoms with Gasteiger partial charge in [-0.2, -0.15) is 0 Å². The number of allylic oxidation sites excluding steroid dienone is 1. The summed E-state index contributed by atoms with van der Waals surface area (Å²) in [6, 6.07) is 0. The highest BCUT2D eigenvalue weighted by atomic mass is 32.2. The van der Waals surface area contributed by atoms with Crippen molar-refractivity contribution < 1.29 is 19.0 Å². The van der Waals surface area contributed by atoms with Gasteiger partial charge in [-0.25, -0.2) is 0 Å². The Morgan fingerprint density at radius 1 is 0.892 bits per heavy atom. The van der Waals surface area contributed by atoms with Gasteiger partial charge in [-0.05, 0) is 38.0 Å². The van der Waals surface area contributed by atoms with E-state index in [1.165, 1.54) is 95.6 Å². The molecule has 0 N–H and O–H groups in total. The van der Waals surface area contributed by atoms with Crippen molar-refractivity contribution in [2.75, 3.05) is 25.6 Å². The Bertz CT molecular complexity index is 600. The molecule has 37 heavy (non-hydrogen) atoms. The first-order chi connectivity index (χ1) is 18.2. The van der Waals surface area contributed by atoms with Crippen molar-refractivity contribution >= 4 is 17.7 Å². The van der Waals surface area contributed by atoms with Gasteiger partial charge in [0.25, 0.3) is 0 Å². The Labute approximate surface area is 232 Å². The molecule has 2 aliphatic rings. The molecular formula is C31H57NO4S. The maximum Gasteiger partial charge on any atom is 0.305 e. The maximum atomic E-state index is 12.0. The summed E-state index contributed by atoms with van der Waals surface area (Å²) < 4.78 is 17.1. The lowest BCUT2D eigenvalue weighted by atomic mass is 10.0. The van der Waals surface area contributed by atoms with Crippen LogP contribution in [0, 0.1) is 0 Å². The number of carbonyl (C=O) groups is 1. The van der Waals surface area contributed by atoms with E-state index in [2.05, 4.69) is 24.2 Å². The van der Waals surface area contributed by atoms with Crippen molar-refractivity contribution in [1.82, 2.24) is 4.90 Å². The number of rotatable bonds is 24. The van der Waals surface area contributed by atoms with Crippen LogP contribution in [0.4, 0.5) is 0 Å². The van der Waals surface area contributed by atoms with Gasteiger partial charge in [-0.15, -0.1) is 11.8 Å². The molecule has 0 aliphatic carbocycles. The third kappa shape index (κ3) is 16.8. The molecule has 2 unspecified atom stereocenters. The maximum absolute atomic E-state index is 12.0. The van der Waals surface area contributed by atoms with Crippen LogP contribution in [0.2, 0.25) is 0 Å². The Morgan fingerprint density at radius 3 is 2.08 bits per heavy atom. The first-order valence-corrected chi connectivity index (χ1v) is 16.7. The van der Waals surface area contributed by atoms with Crippen LogP contribution in [0.1, 0.15) is 142 Å². The minimum absolute atomic E-state index is 0.104. The zero-order valence-electron chi connectivity index (χ0n) is 24.2. The number of hydrogen-bond acceptors (Lipinski definition) is 6. The molecule has 0 spiro atoms. The number of thioether (sulfide) groups is 1. The lowest BCUT2D eigenvalue weighted by Crippen LogP contribution is -2.21. The lowest BCUT2D eigenvalue weighted by Gasteiger charge is -2.18. The molecule has 0 saturated carbocycles. The molecule has 0 amide bonds. The van der Waals surface area contributed by atoms with Crippen LogP contribution >= 0.6 is 11.8 Å². The third-order valence-electron chi connectivity index (χ3n) is 7.58. The predicted octanol–water partition coefficient (Wildman–Crippen LogP) is 8.96. The van der Waals surface area contributed by atoms with Gasteiger partial charge >= 0.3 is 5.97 Å². The second-order valence-electron chi connectivity index (χ2n) is 11.1. The molecule has 0 radical (unpaired) electrons. The molecule has 0 aromatic heterocycles. The van der Waals surface area contributed by atoms with Gasteiger partial charge in [0, 0.05) is 18.7 Å². The topological polar surface area (TPSA) is 48.0 Å². The van der Waals surface area contributed by atoms with Crippen LogP contribution in [0.3, 0.4) is 0 Å². The standard InChI is InChI=1S/C31H57NO4S/c1-3-4-5-6-7-8-9-10-11-12-13-14-15-16-19-22-31-35-25-29(36-31)24-34-30(33)21-18-17-20-23-32-27-37-26-28(32)2/h26,29,31H,3-25,27H2,1-2H3. The number of hydrogen-bond donors (Lipinski definition) is 0. The van der Waals surface area contributed by atoms with Crippen molar-refractivity contribution in [2.45, 2.75) is 155 Å². The molecule has 2 heterocycles. The number of nitrogens with zero attached hydrogens (tertiary/aromatic N) is 1. The van der Waals surface area contributed by atoms with Crippen LogP contribution in [0.5, 0.6) is 0 Å². The molecule has 0 aromatic rings. The number of unbranched alkanes of at least 4 members (excludes halogenated alkanes) is 16. The SMILES string of the molecule is CCCCCCCCCCCCCCCCCC1OCC(COC(=O)CCCCCN2CSC=C2C)O1. The molecule has 5 nitrogen and oxygen atoms in total. The number of ether oxygens (including phenoxy) is 3. The summed E-state index contributed by atoms with van der Waals surface area (Å²) in [5.41, 5.74) is 1.36. The molecule has 0 bridgehead atoms. The van der Waals surface area contributed by atoms with E-state index in [1.807, 2.05) is 11.8 Å². The number of carbonyl (C=O) groups excluding carboxylic acids is 1. The summed E-state index contributed by atoms with van der Waals surface area (Å²) in [6.45, 7) is 6.39. The molecule has 6 heteroatoms. The molecular weight excluding hydrogens is 482 g/mol. The van der Waals surface area contributed by atoms with Crippen molar-refractivity contribution in [3.05, 3.63) is 11.1 Å². The van der Waals surface area contributed by atoms with Gasteiger partial charge in [0.05, 0.1) is 12.5 Å². The van der Waals surface area contributed by atoms with E-state index in [0.717, 1.165) is 44.5 Å². The van der Waals surface area contributed by atoms with Gasteiger partial charge < -0.3 is 19.1 Å². The summed E-state index contributed by atoms with van der Waals surface area (Å²) in [5, 5.41) is 2.22. The molecule has 2 rings (SSSR count). The largest absolute Gasteiger partial charge is 0.463 e. The van der Waals surface area contributed by atoms with Crippen molar-refractivity contribution in [3.8, 4) is 0 Å². The Morgan fingerprint density at radius 2 is 1.49 bits per heavy atom. The second kappa shape index (κ2) is 22.1. The Hall–Kier alpha value is -0.720. The Balaban J connectivity index is 1.30. The number of esters is 1. The molecule has 2 aliphatic heterocycles. The first kappa shape index (κ1) is 32.5. The average Bonchev–Trinajstić information content (AvgIpc) is 3.53. The van der Waals surface area contributed by atoms with Gasteiger partial charge in [0.1, 0.15) is 12.7 Å². The van der Waals surface area contributed by atoms with Crippen molar-refractivity contribution in [1.29, 1.82) is 0 Å². The highest BCUT2D eigenvalue weighted by molar-refractivity contribution is 8.02. The van der Waals surface area contributed by atoms with Crippen molar-refractivity contribution in [3.63, 3.8) is 0 Å². The zero-order chi connectivity index (χ0) is 26.4. The van der Waals surface area contributed by atoms with E-state index in [9.17, 15) is 4.79 Å². The predicted molar refractivity (Wildman–Crippen MR) is 157 cm³/mol. The highest BCUT2D eigenvalue weighted by Crippen LogP contribution is 2.23. The van der Waals surface area contributed by atoms with E-state index in [0.29, 0.717) is 19.6 Å². The van der Waals surface area contributed by atoms with Gasteiger partial charge in [0.15, 0.2) is 6.29 Å². The van der Waals surface area contributed by atoms with E-state index < -0.39 is 0 Å². The van der Waals surface area contributed by atoms with E-state index in [-0.39, 0.29) is 18.4 Å². The van der Waals surface area contributed by atoms with Crippen LogP contribution < -0.4 is 0 Å². The fraction of sp³-hybridized carbons (Fsp3) is 0.903. The minimum Gasteiger partial charge on any atom is -0.463 e. The van der Waals surface area contributed by atoms with E-state index in [1.54, 1.807) is 0 Å². The lowest BCUT2D eigenvalue weighted by molar-refractivity contribution is -0.148. The highest BCUT2D eigenvalue weighted by Gasteiger charge is 2.26. The van der Waals surface area contributed by atoms with E-state index in [4.69, 9.17) is 14.2 Å². The summed E-state index contributed by atoms with van der Waals surface area (Å²) in [5.74, 6) is 0.958. The molecule has 1 fully saturated rings. The summed E-state index contributed by atoms with van der Waals surface area (Å²) in [6.07, 6.45) is 25.0. The summed E-state index contributed by atoms with van der Waals surface area (Å²) in [4.78, 5) is 14.4. The molecule has 0 aromatic carbocycles. The minimum atomic E-state index is -0.119.